The number of amides is 1. The van der Waals surface area contributed by atoms with Gasteiger partial charge in [0, 0.05) is 11.8 Å². The first kappa shape index (κ1) is 17.5. The van der Waals surface area contributed by atoms with Crippen LogP contribution in [0.2, 0.25) is 0 Å². The minimum absolute atomic E-state index is 0.0941. The number of nitrogens with zero attached hydrogens (tertiary/aromatic N) is 1. The van der Waals surface area contributed by atoms with E-state index in [1.807, 2.05) is 0 Å². The zero-order valence-electron chi connectivity index (χ0n) is 13.5. The Kier molecular flexibility index (Phi) is 5.17. The van der Waals surface area contributed by atoms with E-state index < -0.39 is 11.6 Å². The van der Waals surface area contributed by atoms with E-state index in [4.69, 9.17) is 0 Å². The van der Waals surface area contributed by atoms with E-state index in [1.165, 1.54) is 36.5 Å². The summed E-state index contributed by atoms with van der Waals surface area (Å²) in [6.45, 7) is 0. The lowest BCUT2D eigenvalue weighted by Crippen LogP contribution is -2.15. The molecular weight excluding hydrogens is 343 g/mol. The molecule has 0 atom stereocenters. The highest BCUT2D eigenvalue weighted by Crippen LogP contribution is 2.19. The lowest BCUT2D eigenvalue weighted by molar-refractivity contribution is -0.115. The second-order valence-electron chi connectivity index (χ2n) is 5.54. The summed E-state index contributed by atoms with van der Waals surface area (Å²) < 4.78 is 39.0. The molecule has 0 bridgehead atoms. The van der Waals surface area contributed by atoms with Crippen LogP contribution in [0.3, 0.4) is 0 Å². The van der Waals surface area contributed by atoms with E-state index in [-0.39, 0.29) is 18.1 Å². The first-order valence-electron chi connectivity index (χ1n) is 7.72. The minimum atomic E-state index is -0.951. The normalized spacial score (nSPS) is 10.4. The quantitative estimate of drug-likeness (QED) is 0.711. The van der Waals surface area contributed by atoms with Crippen molar-refractivity contribution < 1.29 is 18.0 Å². The van der Waals surface area contributed by atoms with Gasteiger partial charge in [-0.25, -0.2) is 18.2 Å². The molecule has 26 heavy (non-hydrogen) atoms. The molecule has 2 N–H and O–H groups in total. The molecule has 1 aromatic heterocycles. The van der Waals surface area contributed by atoms with Gasteiger partial charge < -0.3 is 10.6 Å². The average Bonchev–Trinajstić information content (AvgIpc) is 2.62. The van der Waals surface area contributed by atoms with Crippen LogP contribution < -0.4 is 10.6 Å². The molecule has 3 rings (SSSR count). The predicted octanol–water partition coefficient (Wildman–Crippen LogP) is 4.42. The van der Waals surface area contributed by atoms with Crippen molar-refractivity contribution in [1.29, 1.82) is 0 Å². The van der Waals surface area contributed by atoms with Gasteiger partial charge in [0.2, 0.25) is 5.91 Å². The molecular formula is C19H14F3N3O. The highest BCUT2D eigenvalue weighted by atomic mass is 19.2. The number of nitrogens with one attached hydrogen (secondary N) is 2. The maximum absolute atomic E-state index is 13.2. The topological polar surface area (TPSA) is 54.0 Å². The molecule has 1 amide bonds. The smallest absolute Gasteiger partial charge is 0.229 e. The second kappa shape index (κ2) is 7.69. The molecule has 4 nitrogen and oxygen atoms in total. The number of hydrogen-bond acceptors (Lipinski definition) is 3. The Hall–Kier alpha value is -3.35. The number of hydrogen-bond donors (Lipinski definition) is 2. The second-order valence-corrected chi connectivity index (χ2v) is 5.54. The third kappa shape index (κ3) is 4.60. The zero-order valence-corrected chi connectivity index (χ0v) is 13.5. The molecule has 0 unspecified atom stereocenters. The van der Waals surface area contributed by atoms with Crippen molar-refractivity contribution >= 4 is 23.1 Å². The van der Waals surface area contributed by atoms with Crippen LogP contribution in [0.15, 0.2) is 60.8 Å². The molecule has 3 aromatic rings. The first-order chi connectivity index (χ1) is 12.5. The standard InChI is InChI=1S/C19H14F3N3O/c20-13-3-1-12(2-4-13)9-19(26)25-18-8-6-15(11-23-18)24-14-5-7-16(21)17(22)10-14/h1-8,10-11,24H,9H2,(H,23,25,26). The molecule has 0 aliphatic heterocycles. The Morgan fingerprint density at radius 1 is 0.885 bits per heavy atom. The summed E-state index contributed by atoms with van der Waals surface area (Å²) in [6.07, 6.45) is 1.55. The monoisotopic (exact) mass is 357 g/mol. The van der Waals surface area contributed by atoms with Gasteiger partial charge in [-0.1, -0.05) is 12.1 Å². The molecule has 0 aliphatic rings. The summed E-state index contributed by atoms with van der Waals surface area (Å²) in [6, 6.07) is 12.3. The molecule has 7 heteroatoms. The Morgan fingerprint density at radius 3 is 2.27 bits per heavy atom. The van der Waals surface area contributed by atoms with Crippen molar-refractivity contribution in [3.05, 3.63) is 83.8 Å². The molecule has 0 saturated carbocycles. The summed E-state index contributed by atoms with van der Waals surface area (Å²) in [5, 5.41) is 5.51. The number of halogens is 3. The van der Waals surface area contributed by atoms with E-state index in [0.717, 1.165) is 12.1 Å². The fourth-order valence-electron chi connectivity index (χ4n) is 2.26. The highest BCUT2D eigenvalue weighted by Gasteiger charge is 2.06. The molecule has 0 saturated heterocycles. The molecule has 0 fully saturated rings. The van der Waals surface area contributed by atoms with Crippen molar-refractivity contribution in [3.8, 4) is 0 Å². The molecule has 0 radical (unpaired) electrons. The van der Waals surface area contributed by atoms with Crippen LogP contribution in [-0.2, 0) is 11.2 Å². The van der Waals surface area contributed by atoms with E-state index in [9.17, 15) is 18.0 Å². The number of pyridine rings is 1. The lowest BCUT2D eigenvalue weighted by atomic mass is 10.1. The summed E-state index contributed by atoms with van der Waals surface area (Å²) in [4.78, 5) is 16.1. The summed E-state index contributed by atoms with van der Waals surface area (Å²) in [5.74, 6) is -2.18. The Balaban J connectivity index is 1.59. The van der Waals surface area contributed by atoms with Gasteiger partial charge in [-0.2, -0.15) is 0 Å². The Morgan fingerprint density at radius 2 is 1.62 bits per heavy atom. The van der Waals surface area contributed by atoms with E-state index in [0.29, 0.717) is 22.8 Å². The van der Waals surface area contributed by atoms with Crippen LogP contribution in [-0.4, -0.2) is 10.9 Å². The van der Waals surface area contributed by atoms with E-state index >= 15 is 0 Å². The maximum Gasteiger partial charge on any atom is 0.229 e. The summed E-state index contributed by atoms with van der Waals surface area (Å²) in [5.41, 5.74) is 1.60. The van der Waals surface area contributed by atoms with Gasteiger partial charge in [0.25, 0.3) is 0 Å². The van der Waals surface area contributed by atoms with Gasteiger partial charge in [0.1, 0.15) is 11.6 Å². The van der Waals surface area contributed by atoms with E-state index in [1.54, 1.807) is 12.1 Å². The van der Waals surface area contributed by atoms with Crippen molar-refractivity contribution in [3.63, 3.8) is 0 Å². The molecule has 2 aromatic carbocycles. The third-order valence-electron chi connectivity index (χ3n) is 3.52. The van der Waals surface area contributed by atoms with Crippen molar-refractivity contribution in [2.24, 2.45) is 0 Å². The van der Waals surface area contributed by atoms with Crippen molar-refractivity contribution in [2.75, 3.05) is 10.6 Å². The number of carbonyl (C=O) groups excluding carboxylic acids is 1. The number of benzene rings is 2. The fourth-order valence-corrected chi connectivity index (χ4v) is 2.26. The van der Waals surface area contributed by atoms with Crippen LogP contribution in [0.4, 0.5) is 30.4 Å². The minimum Gasteiger partial charge on any atom is -0.354 e. The highest BCUT2D eigenvalue weighted by molar-refractivity contribution is 5.91. The Labute approximate surface area is 147 Å². The molecule has 0 spiro atoms. The summed E-state index contributed by atoms with van der Waals surface area (Å²) in [7, 11) is 0. The molecule has 132 valence electrons. The van der Waals surface area contributed by atoms with Gasteiger partial charge in [0.15, 0.2) is 11.6 Å². The average molecular weight is 357 g/mol. The first-order valence-corrected chi connectivity index (χ1v) is 7.72. The van der Waals surface area contributed by atoms with Gasteiger partial charge in [-0.05, 0) is 42.0 Å². The van der Waals surface area contributed by atoms with Crippen LogP contribution in [0.25, 0.3) is 0 Å². The Bertz CT molecular complexity index is 912. The number of aromatic nitrogens is 1. The zero-order chi connectivity index (χ0) is 18.5. The maximum atomic E-state index is 13.2. The SMILES string of the molecule is O=C(Cc1ccc(F)cc1)Nc1ccc(Nc2ccc(F)c(F)c2)cn1. The van der Waals surface area contributed by atoms with Gasteiger partial charge in [-0.3, -0.25) is 4.79 Å². The van der Waals surface area contributed by atoms with Crippen LogP contribution in [0.1, 0.15) is 5.56 Å². The number of carbonyl (C=O) groups is 1. The summed E-state index contributed by atoms with van der Waals surface area (Å²) >= 11 is 0. The number of rotatable bonds is 5. The molecule has 0 aliphatic carbocycles. The largest absolute Gasteiger partial charge is 0.354 e. The van der Waals surface area contributed by atoms with Crippen LogP contribution in [0, 0.1) is 17.5 Å². The van der Waals surface area contributed by atoms with Gasteiger partial charge in [-0.15, -0.1) is 0 Å². The van der Waals surface area contributed by atoms with Crippen molar-refractivity contribution in [1.82, 2.24) is 4.98 Å². The third-order valence-corrected chi connectivity index (χ3v) is 3.52. The van der Waals surface area contributed by atoms with Gasteiger partial charge >= 0.3 is 0 Å². The number of anilines is 3. The van der Waals surface area contributed by atoms with Crippen LogP contribution >= 0.6 is 0 Å². The van der Waals surface area contributed by atoms with Crippen molar-refractivity contribution in [2.45, 2.75) is 6.42 Å². The predicted molar refractivity (Wildman–Crippen MR) is 92.6 cm³/mol. The van der Waals surface area contributed by atoms with Crippen LogP contribution in [0.5, 0.6) is 0 Å². The lowest BCUT2D eigenvalue weighted by Gasteiger charge is -2.08. The van der Waals surface area contributed by atoms with E-state index in [2.05, 4.69) is 15.6 Å². The fraction of sp³-hybridized carbons (Fsp3) is 0.0526. The molecule has 1 heterocycles. The van der Waals surface area contributed by atoms with Gasteiger partial charge in [0.05, 0.1) is 18.3 Å².